The molecule has 0 bridgehead atoms. The fraction of sp³-hybridized carbons (Fsp3) is 0.708. The summed E-state index contributed by atoms with van der Waals surface area (Å²) in [7, 11) is 4.29. The van der Waals surface area contributed by atoms with Crippen LogP contribution in [-0.4, -0.2) is 63.4 Å². The summed E-state index contributed by atoms with van der Waals surface area (Å²) < 4.78 is 1.88. The highest BCUT2D eigenvalue weighted by Crippen LogP contribution is 2.30. The van der Waals surface area contributed by atoms with Crippen LogP contribution < -0.4 is 16.0 Å². The van der Waals surface area contributed by atoms with Crippen LogP contribution in [0.4, 0.5) is 11.9 Å². The zero-order valence-corrected chi connectivity index (χ0v) is 20.0. The lowest BCUT2D eigenvalue weighted by atomic mass is 9.83. The summed E-state index contributed by atoms with van der Waals surface area (Å²) in [4.78, 5) is 12.0. The summed E-state index contributed by atoms with van der Waals surface area (Å²) in [5.41, 5.74) is 2.05. The van der Waals surface area contributed by atoms with E-state index in [1.807, 2.05) is 16.8 Å². The lowest BCUT2D eigenvalue weighted by Crippen LogP contribution is -2.50. The molecule has 0 aromatic carbocycles. The van der Waals surface area contributed by atoms with E-state index in [2.05, 4.69) is 53.5 Å². The van der Waals surface area contributed by atoms with Crippen molar-refractivity contribution in [2.75, 3.05) is 31.3 Å². The molecule has 8 heteroatoms. The van der Waals surface area contributed by atoms with Crippen molar-refractivity contribution in [1.82, 2.24) is 29.8 Å². The molecule has 3 heterocycles. The van der Waals surface area contributed by atoms with E-state index in [-0.39, 0.29) is 6.17 Å². The van der Waals surface area contributed by atoms with Crippen LogP contribution in [0.1, 0.15) is 63.9 Å². The van der Waals surface area contributed by atoms with Crippen LogP contribution in [0.2, 0.25) is 0 Å². The Labute approximate surface area is 192 Å². The first-order valence-corrected chi connectivity index (χ1v) is 12.4. The predicted octanol–water partition coefficient (Wildman–Crippen LogP) is 3.68. The van der Waals surface area contributed by atoms with Gasteiger partial charge >= 0.3 is 0 Å². The van der Waals surface area contributed by atoms with Gasteiger partial charge in [0.1, 0.15) is 0 Å². The third kappa shape index (κ3) is 5.41. The number of fused-ring (bicyclic) bond motifs is 1. The Morgan fingerprint density at radius 2 is 2.09 bits per heavy atom. The normalized spacial score (nSPS) is 26.4. The van der Waals surface area contributed by atoms with Crippen LogP contribution in [0.25, 0.3) is 5.65 Å². The summed E-state index contributed by atoms with van der Waals surface area (Å²) in [5, 5.41) is 15.5. The Hall–Kier alpha value is -2.19. The lowest BCUT2D eigenvalue weighted by Gasteiger charge is -2.34. The molecule has 2 aliphatic rings. The first-order valence-electron chi connectivity index (χ1n) is 12.4. The Morgan fingerprint density at radius 1 is 1.22 bits per heavy atom. The van der Waals surface area contributed by atoms with Crippen LogP contribution in [-0.2, 0) is 6.42 Å². The van der Waals surface area contributed by atoms with Gasteiger partial charge in [0.2, 0.25) is 11.9 Å². The maximum Gasteiger partial charge on any atom is 0.229 e. The molecule has 3 N–H and O–H groups in total. The highest BCUT2D eigenvalue weighted by atomic mass is 15.4. The van der Waals surface area contributed by atoms with E-state index < -0.39 is 0 Å². The molecule has 4 rings (SSSR count). The van der Waals surface area contributed by atoms with Gasteiger partial charge in [-0.1, -0.05) is 25.8 Å². The molecule has 1 saturated heterocycles. The maximum absolute atomic E-state index is 4.88. The van der Waals surface area contributed by atoms with Gasteiger partial charge in [-0.25, -0.2) is 0 Å². The molecule has 176 valence electrons. The Balaban J connectivity index is 1.50. The molecule has 2 fully saturated rings. The zero-order valence-electron chi connectivity index (χ0n) is 20.0. The number of rotatable bonds is 9. The van der Waals surface area contributed by atoms with E-state index in [4.69, 9.17) is 9.97 Å². The second-order valence-electron chi connectivity index (χ2n) is 9.67. The number of nitrogens with one attached hydrogen (secondary N) is 3. The maximum atomic E-state index is 4.88. The largest absolute Gasteiger partial charge is 0.351 e. The minimum atomic E-state index is 0.187. The number of likely N-dealkylation sites (N-methyl/N-ethyl adjacent to an activating group) is 1. The summed E-state index contributed by atoms with van der Waals surface area (Å²) in [6.45, 7) is 7.01. The first-order chi connectivity index (χ1) is 15.6. The van der Waals surface area contributed by atoms with E-state index in [1.54, 1.807) is 0 Å². The van der Waals surface area contributed by atoms with Crippen LogP contribution >= 0.6 is 0 Å². The van der Waals surface area contributed by atoms with Crippen LogP contribution in [0, 0.1) is 5.92 Å². The van der Waals surface area contributed by atoms with E-state index >= 15 is 0 Å². The third-order valence-electron chi connectivity index (χ3n) is 7.14. The summed E-state index contributed by atoms with van der Waals surface area (Å²) >= 11 is 0. The van der Waals surface area contributed by atoms with Gasteiger partial charge in [0.25, 0.3) is 0 Å². The Morgan fingerprint density at radius 3 is 2.81 bits per heavy atom. The second-order valence-corrected chi connectivity index (χ2v) is 9.67. The minimum absolute atomic E-state index is 0.187. The molecule has 4 atom stereocenters. The summed E-state index contributed by atoms with van der Waals surface area (Å²) in [6, 6.07) is 1.00. The summed E-state index contributed by atoms with van der Waals surface area (Å²) in [5.74, 6) is 2.23. The van der Waals surface area contributed by atoms with E-state index in [0.29, 0.717) is 18.0 Å². The number of anilines is 2. The molecule has 0 radical (unpaired) electrons. The molecule has 2 unspecified atom stereocenters. The Bertz CT molecular complexity index is 883. The SMILES string of the molecule is C=CCCC1CCCC(Nc2nc(N[C@H]3CC[C@H](N(C)C)CN3)nc3c(CC)cnn23)C1. The van der Waals surface area contributed by atoms with Crippen molar-refractivity contribution in [1.29, 1.82) is 0 Å². The van der Waals surface area contributed by atoms with Crippen molar-refractivity contribution in [3.8, 4) is 0 Å². The van der Waals surface area contributed by atoms with Gasteiger partial charge in [0, 0.05) is 24.2 Å². The van der Waals surface area contributed by atoms with Gasteiger partial charge in [-0.15, -0.1) is 6.58 Å². The topological polar surface area (TPSA) is 82.4 Å². The number of aryl methyl sites for hydroxylation is 1. The third-order valence-corrected chi connectivity index (χ3v) is 7.14. The number of allylic oxidation sites excluding steroid dienone is 1. The average molecular weight is 441 g/mol. The minimum Gasteiger partial charge on any atom is -0.351 e. The standard InChI is InChI=1S/C24H40N8/c1-5-7-9-17-10-8-11-19(14-17)27-24-30-23(29-22-18(6-2)15-26-32(22)24)28-21-13-12-20(16-25-21)31(3)4/h5,15,17,19-21,25H,1,6-14,16H2,2-4H3,(H2,27,28,29,30)/t17?,19?,20-,21-/m0/s1. The highest BCUT2D eigenvalue weighted by Gasteiger charge is 2.25. The van der Waals surface area contributed by atoms with Gasteiger partial charge in [0.05, 0.1) is 12.4 Å². The summed E-state index contributed by atoms with van der Waals surface area (Å²) in [6.07, 6.45) is 14.5. The number of nitrogens with zero attached hydrogens (tertiary/aromatic N) is 5. The van der Waals surface area contributed by atoms with Crippen molar-refractivity contribution in [3.63, 3.8) is 0 Å². The number of piperidine rings is 1. The van der Waals surface area contributed by atoms with Crippen LogP contribution in [0.5, 0.6) is 0 Å². The average Bonchev–Trinajstić information content (AvgIpc) is 3.21. The van der Waals surface area contributed by atoms with Crippen molar-refractivity contribution >= 4 is 17.5 Å². The zero-order chi connectivity index (χ0) is 22.5. The molecule has 1 aliphatic heterocycles. The molecule has 2 aromatic heterocycles. The fourth-order valence-electron chi connectivity index (χ4n) is 5.11. The molecular weight excluding hydrogens is 400 g/mol. The van der Waals surface area contributed by atoms with E-state index in [9.17, 15) is 0 Å². The quantitative estimate of drug-likeness (QED) is 0.513. The van der Waals surface area contributed by atoms with Gasteiger partial charge in [-0.05, 0) is 65.0 Å². The number of hydrogen-bond acceptors (Lipinski definition) is 7. The molecule has 32 heavy (non-hydrogen) atoms. The van der Waals surface area contributed by atoms with Gasteiger partial charge in [-0.2, -0.15) is 19.6 Å². The predicted molar refractivity (Wildman–Crippen MR) is 131 cm³/mol. The lowest BCUT2D eigenvalue weighted by molar-refractivity contribution is 0.223. The molecule has 1 saturated carbocycles. The van der Waals surface area contributed by atoms with Crippen molar-refractivity contribution < 1.29 is 0 Å². The molecule has 0 spiro atoms. The van der Waals surface area contributed by atoms with Gasteiger partial charge in [0.15, 0.2) is 5.65 Å². The molecule has 1 aliphatic carbocycles. The van der Waals surface area contributed by atoms with Crippen LogP contribution in [0.3, 0.4) is 0 Å². The van der Waals surface area contributed by atoms with E-state index in [1.165, 1.54) is 32.1 Å². The van der Waals surface area contributed by atoms with Gasteiger partial charge in [-0.3, -0.25) is 5.32 Å². The number of aromatic nitrogens is 4. The van der Waals surface area contributed by atoms with Crippen LogP contribution in [0.15, 0.2) is 18.9 Å². The Kier molecular flexibility index (Phi) is 7.63. The molecule has 8 nitrogen and oxygen atoms in total. The smallest absolute Gasteiger partial charge is 0.229 e. The van der Waals surface area contributed by atoms with Crippen molar-refractivity contribution in [2.45, 2.75) is 83.0 Å². The van der Waals surface area contributed by atoms with Gasteiger partial charge < -0.3 is 15.5 Å². The monoisotopic (exact) mass is 440 g/mol. The van der Waals surface area contributed by atoms with E-state index in [0.717, 1.165) is 55.3 Å². The van der Waals surface area contributed by atoms with Crippen molar-refractivity contribution in [2.24, 2.45) is 5.92 Å². The number of hydrogen-bond donors (Lipinski definition) is 3. The fourth-order valence-corrected chi connectivity index (χ4v) is 5.11. The van der Waals surface area contributed by atoms with Crippen molar-refractivity contribution in [3.05, 3.63) is 24.4 Å². The molecular formula is C24H40N8. The molecule has 0 amide bonds. The highest BCUT2D eigenvalue weighted by molar-refractivity contribution is 5.55. The molecule has 2 aromatic rings. The first kappa shape index (κ1) is 23.0. The second kappa shape index (κ2) is 10.6.